The van der Waals surface area contributed by atoms with Crippen LogP contribution in [0.5, 0.6) is 0 Å². The van der Waals surface area contributed by atoms with Crippen molar-refractivity contribution in [3.8, 4) is 0 Å². The van der Waals surface area contributed by atoms with Crippen LogP contribution >= 0.6 is 22.6 Å². The van der Waals surface area contributed by atoms with E-state index in [9.17, 15) is 4.79 Å². The molecular formula is C17H23IN2O2. The summed E-state index contributed by atoms with van der Waals surface area (Å²) in [6.45, 7) is 8.81. The van der Waals surface area contributed by atoms with Gasteiger partial charge in [0.1, 0.15) is 5.60 Å². The first-order valence-electron chi connectivity index (χ1n) is 7.78. The molecule has 1 heterocycles. The smallest absolute Gasteiger partial charge is 0.407 e. The fourth-order valence-electron chi connectivity index (χ4n) is 3.25. The molecule has 1 aromatic carbocycles. The number of hydrogen-bond donors (Lipinski definition) is 1. The summed E-state index contributed by atoms with van der Waals surface area (Å²) in [5.74, 6) is 1.19. The van der Waals surface area contributed by atoms with E-state index in [0.717, 1.165) is 19.6 Å². The molecular weight excluding hydrogens is 391 g/mol. The fraction of sp³-hybridized carbons (Fsp3) is 0.588. The van der Waals surface area contributed by atoms with Crippen molar-refractivity contribution in [2.75, 3.05) is 13.1 Å². The van der Waals surface area contributed by atoms with Gasteiger partial charge in [-0.2, -0.15) is 0 Å². The van der Waals surface area contributed by atoms with Crippen LogP contribution in [0.25, 0.3) is 0 Å². The van der Waals surface area contributed by atoms with Gasteiger partial charge in [-0.1, -0.05) is 12.1 Å². The van der Waals surface area contributed by atoms with E-state index in [2.05, 4.69) is 57.1 Å². The minimum absolute atomic E-state index is 0.281. The lowest BCUT2D eigenvalue weighted by molar-refractivity contribution is 0.0513. The van der Waals surface area contributed by atoms with E-state index in [-0.39, 0.29) is 6.09 Å². The van der Waals surface area contributed by atoms with E-state index >= 15 is 0 Å². The van der Waals surface area contributed by atoms with E-state index < -0.39 is 5.60 Å². The summed E-state index contributed by atoms with van der Waals surface area (Å²) < 4.78 is 6.59. The average molecular weight is 414 g/mol. The van der Waals surface area contributed by atoms with Crippen LogP contribution in [-0.4, -0.2) is 35.7 Å². The Balaban J connectivity index is 1.43. The van der Waals surface area contributed by atoms with E-state index in [1.54, 1.807) is 0 Å². The molecule has 4 nitrogen and oxygen atoms in total. The molecule has 1 N–H and O–H groups in total. The fourth-order valence-corrected chi connectivity index (χ4v) is 3.61. The Morgan fingerprint density at radius 1 is 1.27 bits per heavy atom. The van der Waals surface area contributed by atoms with Gasteiger partial charge in [0, 0.05) is 29.2 Å². The summed E-state index contributed by atoms with van der Waals surface area (Å²) in [5.41, 5.74) is 0.934. The van der Waals surface area contributed by atoms with Gasteiger partial charge in [-0.25, -0.2) is 4.79 Å². The second-order valence-corrected chi connectivity index (χ2v) is 8.57. The quantitative estimate of drug-likeness (QED) is 0.773. The second-order valence-electron chi connectivity index (χ2n) is 7.32. The molecule has 1 saturated carbocycles. The summed E-state index contributed by atoms with van der Waals surface area (Å²) >= 11 is 2.33. The predicted octanol–water partition coefficient (Wildman–Crippen LogP) is 3.25. The van der Waals surface area contributed by atoms with E-state index in [1.165, 1.54) is 9.13 Å². The number of likely N-dealkylation sites (tertiary alicyclic amines) is 1. The van der Waals surface area contributed by atoms with Crippen molar-refractivity contribution >= 4 is 28.7 Å². The minimum Gasteiger partial charge on any atom is -0.444 e. The van der Waals surface area contributed by atoms with Crippen molar-refractivity contribution in [3.05, 3.63) is 33.4 Å². The van der Waals surface area contributed by atoms with Gasteiger partial charge in [-0.3, -0.25) is 4.90 Å². The molecule has 5 heteroatoms. The van der Waals surface area contributed by atoms with Crippen molar-refractivity contribution in [3.63, 3.8) is 0 Å². The first-order chi connectivity index (χ1) is 10.3. The molecule has 1 aliphatic carbocycles. The molecule has 0 spiro atoms. The molecule has 2 atom stereocenters. The van der Waals surface area contributed by atoms with Gasteiger partial charge >= 0.3 is 6.09 Å². The molecule has 1 aromatic rings. The lowest BCUT2D eigenvalue weighted by atomic mass is 10.2. The number of nitrogens with zero attached hydrogens (tertiary/aromatic N) is 1. The number of carbonyl (C=O) groups is 1. The number of amides is 1. The minimum atomic E-state index is -0.426. The second kappa shape index (κ2) is 6.00. The molecule has 0 aromatic heterocycles. The Kier molecular flexibility index (Phi) is 4.38. The molecule has 1 amide bonds. The SMILES string of the molecule is CC(C)(C)OC(=O)NC1C2CN(Cc3ccc(I)cc3)CC21. The third-order valence-electron chi connectivity index (χ3n) is 4.27. The van der Waals surface area contributed by atoms with Crippen LogP contribution in [0, 0.1) is 15.4 Å². The molecule has 120 valence electrons. The lowest BCUT2D eigenvalue weighted by Crippen LogP contribution is -2.38. The first kappa shape index (κ1) is 16.1. The maximum atomic E-state index is 11.8. The monoisotopic (exact) mass is 414 g/mol. The van der Waals surface area contributed by atoms with Crippen LogP contribution in [0.1, 0.15) is 26.3 Å². The van der Waals surface area contributed by atoms with Gasteiger partial charge in [0.15, 0.2) is 0 Å². The predicted molar refractivity (Wildman–Crippen MR) is 94.6 cm³/mol. The first-order valence-corrected chi connectivity index (χ1v) is 8.86. The molecule has 2 unspecified atom stereocenters. The molecule has 0 bridgehead atoms. The summed E-state index contributed by atoms with van der Waals surface area (Å²) in [7, 11) is 0. The lowest BCUT2D eigenvalue weighted by Gasteiger charge is -2.22. The number of carbonyl (C=O) groups excluding carboxylic acids is 1. The number of benzene rings is 1. The number of halogens is 1. The highest BCUT2D eigenvalue weighted by Crippen LogP contribution is 2.45. The number of piperidine rings is 1. The van der Waals surface area contributed by atoms with Crippen LogP contribution < -0.4 is 5.32 Å². The van der Waals surface area contributed by atoms with Gasteiger partial charge in [0.25, 0.3) is 0 Å². The summed E-state index contributed by atoms with van der Waals surface area (Å²) in [5, 5.41) is 3.02. The highest BCUT2D eigenvalue weighted by Gasteiger charge is 2.56. The molecule has 0 radical (unpaired) electrons. The Morgan fingerprint density at radius 3 is 2.41 bits per heavy atom. The Morgan fingerprint density at radius 2 is 1.86 bits per heavy atom. The van der Waals surface area contributed by atoms with Gasteiger partial charge in [-0.05, 0) is 72.9 Å². The van der Waals surface area contributed by atoms with Crippen molar-refractivity contribution in [2.24, 2.45) is 11.8 Å². The zero-order chi connectivity index (χ0) is 15.9. The zero-order valence-corrected chi connectivity index (χ0v) is 15.5. The summed E-state index contributed by atoms with van der Waals surface area (Å²) in [4.78, 5) is 14.3. The number of hydrogen-bond acceptors (Lipinski definition) is 3. The summed E-state index contributed by atoms with van der Waals surface area (Å²) in [6, 6.07) is 9.01. The van der Waals surface area contributed by atoms with E-state index in [1.807, 2.05) is 20.8 Å². The highest BCUT2D eigenvalue weighted by atomic mass is 127. The van der Waals surface area contributed by atoms with Gasteiger partial charge < -0.3 is 10.1 Å². The number of alkyl carbamates (subject to hydrolysis) is 1. The van der Waals surface area contributed by atoms with Crippen LogP contribution in [0.15, 0.2) is 24.3 Å². The number of nitrogens with one attached hydrogen (secondary N) is 1. The number of rotatable bonds is 3. The summed E-state index contributed by atoms with van der Waals surface area (Å²) in [6.07, 6.45) is -0.281. The van der Waals surface area contributed by atoms with Crippen LogP contribution in [-0.2, 0) is 11.3 Å². The largest absolute Gasteiger partial charge is 0.444 e. The molecule has 3 rings (SSSR count). The number of ether oxygens (including phenoxy) is 1. The van der Waals surface area contributed by atoms with Crippen molar-refractivity contribution in [2.45, 2.75) is 39.0 Å². The molecule has 1 saturated heterocycles. The highest BCUT2D eigenvalue weighted by molar-refractivity contribution is 14.1. The number of fused-ring (bicyclic) bond motifs is 1. The zero-order valence-electron chi connectivity index (χ0n) is 13.3. The average Bonchev–Trinajstić information content (AvgIpc) is 2.84. The molecule has 22 heavy (non-hydrogen) atoms. The van der Waals surface area contributed by atoms with E-state index in [0.29, 0.717) is 17.9 Å². The third kappa shape index (κ3) is 3.93. The molecule has 2 aliphatic rings. The Labute approximate surface area is 145 Å². The van der Waals surface area contributed by atoms with Crippen molar-refractivity contribution < 1.29 is 9.53 Å². The van der Waals surface area contributed by atoms with Crippen molar-refractivity contribution in [1.82, 2.24) is 10.2 Å². The van der Waals surface area contributed by atoms with Crippen LogP contribution in [0.2, 0.25) is 0 Å². The molecule has 1 aliphatic heterocycles. The Hall–Kier alpha value is -0.820. The topological polar surface area (TPSA) is 41.6 Å². The van der Waals surface area contributed by atoms with Crippen molar-refractivity contribution in [1.29, 1.82) is 0 Å². The van der Waals surface area contributed by atoms with Gasteiger partial charge in [0.2, 0.25) is 0 Å². The maximum Gasteiger partial charge on any atom is 0.407 e. The Bertz CT molecular complexity index is 541. The van der Waals surface area contributed by atoms with Crippen LogP contribution in [0.4, 0.5) is 4.79 Å². The standard InChI is InChI=1S/C17H23IN2O2/c1-17(2,3)22-16(21)19-15-13-9-20(10-14(13)15)8-11-4-6-12(18)7-5-11/h4-7,13-15H,8-10H2,1-3H3,(H,19,21). The third-order valence-corrected chi connectivity index (χ3v) is 4.99. The van der Waals surface area contributed by atoms with Crippen LogP contribution in [0.3, 0.4) is 0 Å². The van der Waals surface area contributed by atoms with Gasteiger partial charge in [-0.15, -0.1) is 0 Å². The normalized spacial score (nSPS) is 27.4. The van der Waals surface area contributed by atoms with E-state index in [4.69, 9.17) is 4.74 Å². The van der Waals surface area contributed by atoms with Gasteiger partial charge in [0.05, 0.1) is 0 Å². The maximum absolute atomic E-state index is 11.8. The molecule has 2 fully saturated rings.